The highest BCUT2D eigenvalue weighted by atomic mass is 16.4. The average Bonchev–Trinajstić information content (AvgIpc) is 1.77. The van der Waals surface area contributed by atoms with Crippen molar-refractivity contribution in [1.82, 2.24) is 62.3 Å². The van der Waals surface area contributed by atoms with E-state index in [4.69, 9.17) is 45.9 Å². The summed E-state index contributed by atoms with van der Waals surface area (Å²) in [4.78, 5) is 217. The van der Waals surface area contributed by atoms with E-state index in [9.17, 15) is 87.2 Å². The molecule has 11 atom stereocenters. The van der Waals surface area contributed by atoms with E-state index in [1.165, 1.54) is 12.5 Å². The number of aromatic amines is 1. The lowest BCUT2D eigenvalue weighted by molar-refractivity contribution is -0.144. The molecule has 528 valence electrons. The first-order chi connectivity index (χ1) is 44.7. The zero-order valence-electron chi connectivity index (χ0n) is 52.8. The summed E-state index contributed by atoms with van der Waals surface area (Å²) in [5.74, 6) is -17.5. The van der Waals surface area contributed by atoms with Crippen molar-refractivity contribution in [2.45, 2.75) is 183 Å². The van der Waals surface area contributed by atoms with Crippen LogP contribution in [0.15, 0.2) is 22.5 Å². The Balaban J connectivity index is 1.93. The minimum absolute atomic E-state index is 0.0274. The highest BCUT2D eigenvalue weighted by Gasteiger charge is 2.42. The van der Waals surface area contributed by atoms with Crippen LogP contribution in [0.25, 0.3) is 0 Å². The largest absolute Gasteiger partial charge is 0.481 e. The average molecular weight is 1350 g/mol. The number of amides is 13. The number of carbonyl (C=O) groups excluding carboxylic acids is 13. The number of primary amides is 3. The molecule has 0 aromatic carbocycles. The van der Waals surface area contributed by atoms with E-state index in [-0.39, 0.29) is 95.9 Å². The number of nitrogens with zero attached hydrogens (tertiary/aromatic N) is 5. The summed E-state index contributed by atoms with van der Waals surface area (Å²) in [6.07, 6.45) is -1.72. The summed E-state index contributed by atoms with van der Waals surface area (Å²) in [6, 6.07) is -17.4. The molecule has 0 radical (unpaired) electrons. The Labute approximate surface area is 544 Å². The Kier molecular flexibility index (Phi) is 32.7. The van der Waals surface area contributed by atoms with E-state index in [2.05, 4.69) is 62.5 Å². The molecule has 0 saturated carbocycles. The smallest absolute Gasteiger partial charge is 0.326 e. The number of aliphatic imine (C=N–C) groups is 2. The summed E-state index contributed by atoms with van der Waals surface area (Å²) in [7, 11) is 0. The number of carboxylic acids is 2. The minimum atomic E-state index is -1.98. The van der Waals surface area contributed by atoms with Crippen LogP contribution in [0.3, 0.4) is 0 Å². The van der Waals surface area contributed by atoms with E-state index < -0.39 is 206 Å². The zero-order valence-corrected chi connectivity index (χ0v) is 52.8. The first-order valence-electron chi connectivity index (χ1n) is 30.5. The Hall–Kier alpha value is -10.3. The number of carbonyl (C=O) groups is 15. The molecule has 0 aliphatic carbocycles. The van der Waals surface area contributed by atoms with Crippen molar-refractivity contribution in [1.29, 1.82) is 0 Å². The van der Waals surface area contributed by atoms with Crippen LogP contribution in [0.5, 0.6) is 0 Å². The number of likely N-dealkylation sites (tertiary alicyclic amines) is 2. The molecule has 2 aliphatic rings. The van der Waals surface area contributed by atoms with Gasteiger partial charge in [-0.2, -0.15) is 0 Å². The summed E-state index contributed by atoms with van der Waals surface area (Å²) in [6.45, 7) is 2.32. The van der Waals surface area contributed by atoms with Crippen molar-refractivity contribution in [2.75, 3.05) is 32.8 Å². The highest BCUT2D eigenvalue weighted by molar-refractivity contribution is 6.01. The molecular weight excluding hydrogens is 1260 g/mol. The SMILES string of the molecule is CC(C)C[C@H](NC(=O)[C@H](CCCN=C(N)N)NC(=O)[C@H](CC(=O)O)NC(=O)[C@H](CCCN=C(N)N)NC(=O)[C@@H]1CCCN1C(=O)[C@@H](N)CO)C(=O)N[C@@H](CC(N)=O)C(=O)N[C@@H](CCC(N)=O)C(=O)N1CCC[C@H]1C(=O)N[C@@H](CCC(N)=O)C(=O)N[C@@H](Cc1cnc[nH]1)C(=O)O. The number of carboxylic acid groups (broad SMARTS) is 2. The first kappa shape index (κ1) is 79.0. The van der Waals surface area contributed by atoms with Gasteiger partial charge in [-0.15, -0.1) is 0 Å². The third-order valence-electron chi connectivity index (χ3n) is 14.9. The van der Waals surface area contributed by atoms with E-state index in [1.54, 1.807) is 13.8 Å². The number of nitrogens with one attached hydrogen (secondary N) is 9. The standard InChI is InChI=1S/C55H90N22O18/c1-26(2)19-33(72-43(84)29(7-3-15-65-54(60)61)68-48(89)35(22-42(82)83)74-44(85)30(8-4-16-66-55(62)63)69-49(90)37-9-5-17-76(37)51(92)28(56)24-78)46(87)73-34(21-41(59)81)47(88)71-32(12-14-40(58)80)52(93)77-18-6-10-38(77)50(91)70-31(11-13-39(57)79)45(86)75-36(53(94)95)20-27-23-64-25-67-27/h23,25-26,28-38,78H,3-22,24,56H2,1-2H3,(H2,57,79)(H2,58,80)(H2,59,81)(H,64,67)(H,68,89)(H,69,90)(H,70,91)(H,71,88)(H,72,84)(H,73,87)(H,74,85)(H,75,86)(H,82,83)(H,94,95)(H4,60,61,65)(H4,62,63,66)/t28-,29-,30-,31-,32-,33-,34-,35-,36-,37-,38-/m0/s1. The van der Waals surface area contributed by atoms with Gasteiger partial charge in [-0.05, 0) is 76.5 Å². The summed E-state index contributed by atoms with van der Waals surface area (Å²) in [5.41, 5.74) is 44.3. The molecule has 3 heterocycles. The topological polar surface area (TPSA) is 681 Å². The van der Waals surface area contributed by atoms with E-state index in [0.29, 0.717) is 12.1 Å². The zero-order chi connectivity index (χ0) is 71.2. The van der Waals surface area contributed by atoms with Crippen LogP contribution < -0.4 is 88.4 Å². The van der Waals surface area contributed by atoms with Gasteiger partial charge in [0.05, 0.1) is 25.8 Å². The van der Waals surface area contributed by atoms with Crippen LogP contribution in [-0.4, -0.2) is 235 Å². The van der Waals surface area contributed by atoms with Gasteiger partial charge >= 0.3 is 11.9 Å². The number of imidazole rings is 1. The van der Waals surface area contributed by atoms with E-state index in [1.807, 2.05) is 0 Å². The molecular formula is C55H90N22O18. The second kappa shape index (κ2) is 39.3. The molecule has 13 amide bonds. The number of hydrogen-bond acceptors (Lipinski definition) is 20. The summed E-state index contributed by atoms with van der Waals surface area (Å²) < 4.78 is 0. The molecule has 40 nitrogen and oxygen atoms in total. The maximum Gasteiger partial charge on any atom is 0.326 e. The Morgan fingerprint density at radius 2 is 0.958 bits per heavy atom. The van der Waals surface area contributed by atoms with Crippen LogP contribution in [0.2, 0.25) is 0 Å². The van der Waals surface area contributed by atoms with Crippen LogP contribution in [-0.2, 0) is 78.3 Å². The molecule has 0 bridgehead atoms. The van der Waals surface area contributed by atoms with Gasteiger partial charge in [0.2, 0.25) is 76.8 Å². The van der Waals surface area contributed by atoms with Crippen LogP contribution in [0, 0.1) is 5.92 Å². The van der Waals surface area contributed by atoms with Crippen LogP contribution in [0.1, 0.15) is 116 Å². The van der Waals surface area contributed by atoms with Gasteiger partial charge in [0.25, 0.3) is 0 Å². The normalized spacial score (nSPS) is 17.1. The number of H-pyrrole nitrogens is 1. The fraction of sp³-hybridized carbons (Fsp3) is 0.636. The van der Waals surface area contributed by atoms with Crippen LogP contribution in [0.4, 0.5) is 0 Å². The van der Waals surface area contributed by atoms with E-state index in [0.717, 1.165) is 9.80 Å². The van der Waals surface area contributed by atoms with Gasteiger partial charge in [0.15, 0.2) is 11.9 Å². The van der Waals surface area contributed by atoms with Gasteiger partial charge in [-0.1, -0.05) is 13.8 Å². The molecule has 0 unspecified atom stereocenters. The fourth-order valence-electron chi connectivity index (χ4n) is 10.2. The molecule has 1 aromatic rings. The van der Waals surface area contributed by atoms with Gasteiger partial charge < -0.3 is 119 Å². The lowest BCUT2D eigenvalue weighted by atomic mass is 10.0. The summed E-state index contributed by atoms with van der Waals surface area (Å²) >= 11 is 0. The number of aliphatic carboxylic acids is 2. The number of aromatic nitrogens is 2. The van der Waals surface area contributed by atoms with Crippen molar-refractivity contribution in [3.63, 3.8) is 0 Å². The third-order valence-corrected chi connectivity index (χ3v) is 14.9. The van der Waals surface area contributed by atoms with Gasteiger partial charge in [-0.3, -0.25) is 77.1 Å². The quantitative estimate of drug-likeness (QED) is 0.0164. The first-order valence-corrected chi connectivity index (χ1v) is 30.5. The monoisotopic (exact) mass is 1350 g/mol. The predicted molar refractivity (Wildman–Crippen MR) is 332 cm³/mol. The van der Waals surface area contributed by atoms with E-state index >= 15 is 0 Å². The molecule has 0 spiro atoms. The molecule has 2 saturated heterocycles. The van der Waals surface area contributed by atoms with Crippen molar-refractivity contribution < 1.29 is 87.2 Å². The van der Waals surface area contributed by atoms with Gasteiger partial charge in [0.1, 0.15) is 66.5 Å². The maximum atomic E-state index is 14.5. The third kappa shape index (κ3) is 27.4. The second-order valence-corrected chi connectivity index (χ2v) is 23.1. The summed E-state index contributed by atoms with van der Waals surface area (Å²) in [5, 5.41) is 48.5. The number of guanidine groups is 2. The number of nitrogens with two attached hydrogens (primary N) is 8. The molecule has 2 aliphatic heterocycles. The van der Waals surface area contributed by atoms with Gasteiger partial charge in [-0.25, -0.2) is 9.78 Å². The highest BCUT2D eigenvalue weighted by Crippen LogP contribution is 2.22. The molecule has 2 fully saturated rings. The number of aliphatic hydroxyl groups is 1. The van der Waals surface area contributed by atoms with Crippen molar-refractivity contribution >= 4 is 101 Å². The molecule has 28 N–H and O–H groups in total. The molecule has 1 aromatic heterocycles. The lowest BCUT2D eigenvalue weighted by Crippen LogP contribution is -2.61. The molecule has 3 rings (SSSR count). The minimum Gasteiger partial charge on any atom is -0.481 e. The molecule has 40 heteroatoms. The van der Waals surface area contributed by atoms with Crippen molar-refractivity contribution in [3.05, 3.63) is 18.2 Å². The lowest BCUT2D eigenvalue weighted by Gasteiger charge is -2.31. The number of hydrogen-bond donors (Lipinski definition) is 20. The van der Waals surface area contributed by atoms with Crippen molar-refractivity contribution in [2.24, 2.45) is 61.8 Å². The predicted octanol–water partition coefficient (Wildman–Crippen LogP) is -9.75. The van der Waals surface area contributed by atoms with Gasteiger partial charge in [0, 0.05) is 57.3 Å². The Bertz CT molecular complexity index is 2960. The Morgan fingerprint density at radius 3 is 1.39 bits per heavy atom. The maximum absolute atomic E-state index is 14.5. The van der Waals surface area contributed by atoms with Crippen LogP contribution >= 0.6 is 0 Å². The number of aliphatic hydroxyl groups excluding tert-OH is 1. The fourth-order valence-corrected chi connectivity index (χ4v) is 10.2. The molecule has 95 heavy (non-hydrogen) atoms. The van der Waals surface area contributed by atoms with Crippen molar-refractivity contribution in [3.8, 4) is 0 Å². The second-order valence-electron chi connectivity index (χ2n) is 23.1. The Morgan fingerprint density at radius 1 is 0.547 bits per heavy atom. The number of rotatable bonds is 42.